The van der Waals surface area contributed by atoms with Gasteiger partial charge in [-0.2, -0.15) is 0 Å². The number of anilines is 1. The molecule has 7 heteroatoms. The molecule has 2 aromatic rings. The van der Waals surface area contributed by atoms with Crippen LogP contribution in [0.1, 0.15) is 34.3 Å². The smallest absolute Gasteiger partial charge is 0.253 e. The monoisotopic (exact) mass is 436 g/mol. The highest BCUT2D eigenvalue weighted by molar-refractivity contribution is 6.04. The van der Waals surface area contributed by atoms with Crippen molar-refractivity contribution in [2.45, 2.75) is 32.4 Å². The predicted octanol–water partition coefficient (Wildman–Crippen LogP) is 2.65. The first-order chi connectivity index (χ1) is 15.5. The number of para-hydroxylation sites is 1. The highest BCUT2D eigenvalue weighted by Crippen LogP contribution is 2.23. The van der Waals surface area contributed by atoms with E-state index in [0.717, 1.165) is 51.3 Å². The molecule has 2 N–H and O–H groups in total. The maximum atomic E-state index is 12.7. The zero-order valence-electron chi connectivity index (χ0n) is 18.9. The number of aryl methyl sites for hydroxylation is 1. The molecule has 0 aromatic heterocycles. The number of carbonyl (C=O) groups excluding carboxylic acids is 2. The van der Waals surface area contributed by atoms with Crippen LogP contribution in [-0.4, -0.2) is 67.5 Å². The first-order valence-electron chi connectivity index (χ1n) is 11.3. The lowest BCUT2D eigenvalue weighted by molar-refractivity contribution is -0.117. The van der Waals surface area contributed by atoms with E-state index in [4.69, 9.17) is 4.74 Å². The van der Waals surface area contributed by atoms with Crippen LogP contribution >= 0.6 is 0 Å². The van der Waals surface area contributed by atoms with Crippen molar-refractivity contribution in [3.05, 3.63) is 59.2 Å². The van der Waals surface area contributed by atoms with Crippen LogP contribution in [0.25, 0.3) is 0 Å². The van der Waals surface area contributed by atoms with E-state index in [9.17, 15) is 9.59 Å². The molecule has 1 aliphatic carbocycles. The Kier molecular flexibility index (Phi) is 7.07. The molecule has 4 rings (SSSR count). The van der Waals surface area contributed by atoms with Crippen LogP contribution in [0.2, 0.25) is 0 Å². The Hall–Kier alpha value is -2.90. The lowest BCUT2D eigenvalue weighted by atomic mass is 10.1. The predicted molar refractivity (Wildman–Crippen MR) is 125 cm³/mol. The molecule has 0 atom stereocenters. The Bertz CT molecular complexity index is 965. The van der Waals surface area contributed by atoms with Crippen LogP contribution in [0.5, 0.6) is 5.75 Å². The molecule has 2 aromatic carbocycles. The molecule has 1 aliphatic heterocycles. The van der Waals surface area contributed by atoms with Gasteiger partial charge in [-0.1, -0.05) is 29.8 Å². The van der Waals surface area contributed by atoms with Crippen LogP contribution in [0, 0.1) is 6.92 Å². The summed E-state index contributed by atoms with van der Waals surface area (Å²) in [6.07, 6.45) is 2.06. The third kappa shape index (κ3) is 5.87. The number of hydrogen-bond acceptors (Lipinski definition) is 5. The molecule has 2 aliphatic rings. The highest BCUT2D eigenvalue weighted by atomic mass is 16.5. The molecule has 1 saturated heterocycles. The normalized spacial score (nSPS) is 17.1. The fourth-order valence-electron chi connectivity index (χ4n) is 4.05. The van der Waals surface area contributed by atoms with Gasteiger partial charge in [-0.25, -0.2) is 0 Å². The molecule has 32 heavy (non-hydrogen) atoms. The first kappa shape index (κ1) is 22.3. The van der Waals surface area contributed by atoms with Gasteiger partial charge in [-0.05, 0) is 38.0 Å². The lowest BCUT2D eigenvalue weighted by Crippen LogP contribution is -2.48. The SMILES string of the molecule is COc1ccc(C)cc1CN1CCN(CC(=O)Nc2ccccc2C(=O)NC2CC2)CC1. The van der Waals surface area contributed by atoms with Gasteiger partial charge in [0, 0.05) is 44.3 Å². The van der Waals surface area contributed by atoms with E-state index in [2.05, 4.69) is 39.5 Å². The summed E-state index contributed by atoms with van der Waals surface area (Å²) in [6.45, 7) is 6.69. The number of hydrogen-bond donors (Lipinski definition) is 2. The summed E-state index contributed by atoms with van der Waals surface area (Å²) in [7, 11) is 1.71. The Balaban J connectivity index is 1.27. The molecule has 2 fully saturated rings. The van der Waals surface area contributed by atoms with Gasteiger partial charge in [0.15, 0.2) is 0 Å². The van der Waals surface area contributed by atoms with Gasteiger partial charge in [0.1, 0.15) is 5.75 Å². The number of methoxy groups -OCH3 is 1. The average molecular weight is 437 g/mol. The third-order valence-corrected chi connectivity index (χ3v) is 6.02. The van der Waals surface area contributed by atoms with Crippen molar-refractivity contribution in [1.29, 1.82) is 0 Å². The second kappa shape index (κ2) is 10.1. The number of amides is 2. The number of ether oxygens (including phenoxy) is 1. The summed E-state index contributed by atoms with van der Waals surface area (Å²) < 4.78 is 5.50. The molecule has 0 unspecified atom stereocenters. The summed E-state index contributed by atoms with van der Waals surface area (Å²) in [5, 5.41) is 5.92. The number of piperazine rings is 1. The van der Waals surface area contributed by atoms with Gasteiger partial charge in [0.2, 0.25) is 5.91 Å². The van der Waals surface area contributed by atoms with E-state index >= 15 is 0 Å². The quantitative estimate of drug-likeness (QED) is 0.666. The van der Waals surface area contributed by atoms with Crippen molar-refractivity contribution < 1.29 is 14.3 Å². The molecular formula is C25H32N4O3. The molecule has 0 radical (unpaired) electrons. The van der Waals surface area contributed by atoms with Crippen molar-refractivity contribution in [3.63, 3.8) is 0 Å². The summed E-state index contributed by atoms with van der Waals surface area (Å²) in [6, 6.07) is 13.7. The van der Waals surface area contributed by atoms with Crippen LogP contribution in [0.4, 0.5) is 5.69 Å². The van der Waals surface area contributed by atoms with Crippen LogP contribution < -0.4 is 15.4 Å². The van der Waals surface area contributed by atoms with Crippen molar-refractivity contribution in [2.75, 3.05) is 45.2 Å². The van der Waals surface area contributed by atoms with Gasteiger partial charge >= 0.3 is 0 Å². The van der Waals surface area contributed by atoms with Crippen molar-refractivity contribution in [2.24, 2.45) is 0 Å². The highest BCUT2D eigenvalue weighted by Gasteiger charge is 2.25. The Morgan fingerprint density at radius 2 is 1.75 bits per heavy atom. The van der Waals surface area contributed by atoms with Gasteiger partial charge in [-0.15, -0.1) is 0 Å². The number of rotatable bonds is 8. The minimum Gasteiger partial charge on any atom is -0.496 e. The fourth-order valence-corrected chi connectivity index (χ4v) is 4.05. The van der Waals surface area contributed by atoms with Crippen LogP contribution in [0.15, 0.2) is 42.5 Å². The van der Waals surface area contributed by atoms with Gasteiger partial charge in [-0.3, -0.25) is 19.4 Å². The second-order valence-corrected chi connectivity index (χ2v) is 8.71. The van der Waals surface area contributed by atoms with E-state index in [1.165, 1.54) is 11.1 Å². The number of carbonyl (C=O) groups is 2. The Labute approximate surface area is 189 Å². The summed E-state index contributed by atoms with van der Waals surface area (Å²) in [5.74, 6) is 0.705. The van der Waals surface area contributed by atoms with Crippen molar-refractivity contribution in [3.8, 4) is 5.75 Å². The molecule has 0 spiro atoms. The Morgan fingerprint density at radius 3 is 2.47 bits per heavy atom. The van der Waals surface area contributed by atoms with Crippen LogP contribution in [-0.2, 0) is 11.3 Å². The maximum absolute atomic E-state index is 12.7. The first-order valence-corrected chi connectivity index (χ1v) is 11.3. The zero-order valence-corrected chi connectivity index (χ0v) is 18.9. The van der Waals surface area contributed by atoms with E-state index in [1.54, 1.807) is 19.2 Å². The van der Waals surface area contributed by atoms with E-state index in [1.807, 2.05) is 18.2 Å². The van der Waals surface area contributed by atoms with Gasteiger partial charge in [0.05, 0.1) is 24.9 Å². The number of nitrogens with one attached hydrogen (secondary N) is 2. The largest absolute Gasteiger partial charge is 0.496 e. The van der Waals surface area contributed by atoms with E-state index in [-0.39, 0.29) is 17.9 Å². The summed E-state index contributed by atoms with van der Waals surface area (Å²) in [4.78, 5) is 29.7. The molecule has 1 saturated carbocycles. The zero-order chi connectivity index (χ0) is 22.5. The third-order valence-electron chi connectivity index (χ3n) is 6.02. The standard InChI is InChI=1S/C25H32N4O3/c1-18-7-10-23(32-2)19(15-18)16-28-11-13-29(14-12-28)17-24(30)27-22-6-4-3-5-21(22)25(31)26-20-8-9-20/h3-7,10,15,20H,8-9,11-14,16-17H2,1-2H3,(H,26,31)(H,27,30). The second-order valence-electron chi connectivity index (χ2n) is 8.71. The number of nitrogens with zero attached hydrogens (tertiary/aromatic N) is 2. The average Bonchev–Trinajstić information content (AvgIpc) is 3.59. The topological polar surface area (TPSA) is 73.9 Å². The molecule has 2 amide bonds. The Morgan fingerprint density at radius 1 is 1.03 bits per heavy atom. The summed E-state index contributed by atoms with van der Waals surface area (Å²) in [5.41, 5.74) is 3.51. The molecule has 170 valence electrons. The lowest BCUT2D eigenvalue weighted by Gasteiger charge is -2.34. The maximum Gasteiger partial charge on any atom is 0.253 e. The minimum absolute atomic E-state index is 0.0922. The molecule has 1 heterocycles. The van der Waals surface area contributed by atoms with Gasteiger partial charge < -0.3 is 15.4 Å². The van der Waals surface area contributed by atoms with Crippen molar-refractivity contribution >= 4 is 17.5 Å². The van der Waals surface area contributed by atoms with Gasteiger partial charge in [0.25, 0.3) is 5.91 Å². The summed E-state index contributed by atoms with van der Waals surface area (Å²) >= 11 is 0. The van der Waals surface area contributed by atoms with E-state index < -0.39 is 0 Å². The minimum atomic E-state index is -0.122. The fraction of sp³-hybridized carbons (Fsp3) is 0.440. The van der Waals surface area contributed by atoms with E-state index in [0.29, 0.717) is 17.8 Å². The van der Waals surface area contributed by atoms with Crippen LogP contribution in [0.3, 0.4) is 0 Å². The molecule has 7 nitrogen and oxygen atoms in total. The number of benzene rings is 2. The molecular weight excluding hydrogens is 404 g/mol. The molecule has 0 bridgehead atoms. The van der Waals surface area contributed by atoms with Crippen molar-refractivity contribution in [1.82, 2.24) is 15.1 Å².